The van der Waals surface area contributed by atoms with E-state index in [-0.39, 0.29) is 12.5 Å². The van der Waals surface area contributed by atoms with Crippen LogP contribution in [0.15, 0.2) is 47.8 Å². The first kappa shape index (κ1) is 16.2. The molecule has 5 heteroatoms. The van der Waals surface area contributed by atoms with Crippen LogP contribution in [-0.2, 0) is 19.9 Å². The van der Waals surface area contributed by atoms with Crippen molar-refractivity contribution in [3.63, 3.8) is 0 Å². The van der Waals surface area contributed by atoms with Crippen molar-refractivity contribution in [2.45, 2.75) is 37.6 Å². The van der Waals surface area contributed by atoms with Crippen molar-refractivity contribution in [3.8, 4) is 0 Å². The average molecular weight is 332 g/mol. The van der Waals surface area contributed by atoms with Gasteiger partial charge in [0, 0.05) is 17.7 Å². The van der Waals surface area contributed by atoms with Crippen LogP contribution in [-0.4, -0.2) is 23.8 Å². The molecule has 1 N–H and O–H groups in total. The Balaban J connectivity index is 1.91. The highest BCUT2D eigenvalue weighted by Crippen LogP contribution is 2.44. The zero-order valence-electron chi connectivity index (χ0n) is 13.0. The van der Waals surface area contributed by atoms with Crippen LogP contribution < -0.4 is 0 Å². The zero-order chi connectivity index (χ0) is 16.3. The lowest BCUT2D eigenvalue weighted by molar-refractivity contribution is -0.186. The monoisotopic (exact) mass is 332 g/mol. The Hall–Kier alpha value is -1.69. The highest BCUT2D eigenvalue weighted by Gasteiger charge is 2.45. The second kappa shape index (κ2) is 6.83. The summed E-state index contributed by atoms with van der Waals surface area (Å²) in [4.78, 5) is 13.2. The number of hydrogen-bond donors (Lipinski definition) is 1. The fourth-order valence-electron chi connectivity index (χ4n) is 2.99. The molecule has 1 aliphatic rings. The van der Waals surface area contributed by atoms with E-state index in [1.54, 1.807) is 18.3 Å². The van der Waals surface area contributed by atoms with Crippen molar-refractivity contribution in [1.29, 1.82) is 0 Å². The molecule has 2 heterocycles. The Morgan fingerprint density at radius 3 is 2.74 bits per heavy atom. The van der Waals surface area contributed by atoms with Gasteiger partial charge in [-0.1, -0.05) is 36.4 Å². The van der Waals surface area contributed by atoms with Gasteiger partial charge in [-0.2, -0.15) is 0 Å². The predicted octanol–water partition coefficient (Wildman–Crippen LogP) is 3.42. The van der Waals surface area contributed by atoms with Gasteiger partial charge >= 0.3 is 5.97 Å². The van der Waals surface area contributed by atoms with Gasteiger partial charge < -0.3 is 14.6 Å². The normalized spacial score (nSPS) is 27.6. The summed E-state index contributed by atoms with van der Waals surface area (Å²) in [6, 6.07) is 13.4. The largest absolute Gasteiger partial charge is 0.464 e. The minimum Gasteiger partial charge on any atom is -0.464 e. The van der Waals surface area contributed by atoms with E-state index in [0.29, 0.717) is 13.0 Å². The van der Waals surface area contributed by atoms with Crippen LogP contribution in [0.3, 0.4) is 0 Å². The number of carbonyl (C=O) groups excluding carboxylic acids is 1. The maximum absolute atomic E-state index is 12.2. The Morgan fingerprint density at radius 2 is 2.09 bits per heavy atom. The van der Waals surface area contributed by atoms with Gasteiger partial charge in [-0.25, -0.2) is 4.79 Å². The van der Waals surface area contributed by atoms with Gasteiger partial charge in [0.15, 0.2) is 6.10 Å². The zero-order valence-corrected chi connectivity index (χ0v) is 13.8. The molecule has 1 saturated heterocycles. The quantitative estimate of drug-likeness (QED) is 0.872. The molecule has 23 heavy (non-hydrogen) atoms. The molecule has 122 valence electrons. The Bertz CT molecular complexity index is 640. The second-order valence-corrected chi connectivity index (χ2v) is 6.67. The molecule has 1 aliphatic heterocycles. The van der Waals surface area contributed by atoms with Gasteiger partial charge in [0.1, 0.15) is 0 Å². The third-order valence-corrected chi connectivity index (χ3v) is 5.06. The molecule has 3 rings (SSSR count). The van der Waals surface area contributed by atoms with Crippen molar-refractivity contribution in [2.75, 3.05) is 6.61 Å². The third kappa shape index (κ3) is 3.47. The molecular formula is C18H20O4S. The molecule has 0 aliphatic carbocycles. The van der Waals surface area contributed by atoms with Crippen molar-refractivity contribution in [1.82, 2.24) is 0 Å². The number of carbonyl (C=O) groups is 1. The SMILES string of the molecule is CCOC(=O)[C@@H]1C[C@](O)(c2ccccc2)C[C@H](c2cccs2)O1. The second-order valence-electron chi connectivity index (χ2n) is 5.69. The molecule has 1 aromatic carbocycles. The fraction of sp³-hybridized carbons (Fsp3) is 0.389. The molecule has 0 bridgehead atoms. The number of rotatable bonds is 4. The summed E-state index contributed by atoms with van der Waals surface area (Å²) in [5.41, 5.74) is -0.301. The molecular weight excluding hydrogens is 312 g/mol. The molecule has 1 fully saturated rings. The van der Waals surface area contributed by atoms with Gasteiger partial charge in [0.2, 0.25) is 0 Å². The topological polar surface area (TPSA) is 55.8 Å². The van der Waals surface area contributed by atoms with E-state index in [1.165, 1.54) is 0 Å². The van der Waals surface area contributed by atoms with Gasteiger partial charge in [0.25, 0.3) is 0 Å². The fourth-order valence-corrected chi connectivity index (χ4v) is 3.75. The van der Waals surface area contributed by atoms with E-state index in [2.05, 4.69) is 0 Å². The highest BCUT2D eigenvalue weighted by molar-refractivity contribution is 7.10. The summed E-state index contributed by atoms with van der Waals surface area (Å²) >= 11 is 1.56. The predicted molar refractivity (Wildman–Crippen MR) is 88.1 cm³/mol. The highest BCUT2D eigenvalue weighted by atomic mass is 32.1. The van der Waals surface area contributed by atoms with Crippen LogP contribution >= 0.6 is 11.3 Å². The number of aliphatic hydroxyl groups is 1. The Morgan fingerprint density at radius 1 is 1.30 bits per heavy atom. The minimum atomic E-state index is -1.11. The van der Waals surface area contributed by atoms with Crippen molar-refractivity contribution in [2.24, 2.45) is 0 Å². The molecule has 0 spiro atoms. The van der Waals surface area contributed by atoms with E-state index in [0.717, 1.165) is 10.4 Å². The Labute approximate surface area is 139 Å². The summed E-state index contributed by atoms with van der Waals surface area (Å²) in [5, 5.41) is 13.2. The van der Waals surface area contributed by atoms with Crippen LogP contribution in [0.5, 0.6) is 0 Å². The smallest absolute Gasteiger partial charge is 0.335 e. The lowest BCUT2D eigenvalue weighted by Gasteiger charge is -2.40. The summed E-state index contributed by atoms with van der Waals surface area (Å²) < 4.78 is 11.0. The molecule has 3 atom stereocenters. The third-order valence-electron chi connectivity index (χ3n) is 4.10. The Kier molecular flexibility index (Phi) is 4.80. The molecule has 0 radical (unpaired) electrons. The van der Waals surface area contributed by atoms with Gasteiger partial charge in [0.05, 0.1) is 18.3 Å². The van der Waals surface area contributed by atoms with Crippen molar-refractivity contribution < 1.29 is 19.4 Å². The lowest BCUT2D eigenvalue weighted by atomic mass is 9.81. The van der Waals surface area contributed by atoms with E-state index in [4.69, 9.17) is 9.47 Å². The first-order chi connectivity index (χ1) is 11.1. The molecule has 0 amide bonds. The first-order valence-corrected chi connectivity index (χ1v) is 8.64. The van der Waals surface area contributed by atoms with Crippen LogP contribution in [0, 0.1) is 0 Å². The molecule has 1 aromatic heterocycles. The molecule has 0 unspecified atom stereocenters. The van der Waals surface area contributed by atoms with Crippen LogP contribution in [0.2, 0.25) is 0 Å². The molecule has 2 aromatic rings. The standard InChI is InChI=1S/C18H20O4S/c1-2-21-17(19)15-12-18(20,13-7-4-3-5-8-13)11-14(22-15)16-9-6-10-23-16/h3-10,14-15,20H,2,11-12H2,1H3/t14-,15+,18+/m1/s1. The van der Waals surface area contributed by atoms with Crippen molar-refractivity contribution >= 4 is 17.3 Å². The molecule has 0 saturated carbocycles. The van der Waals surface area contributed by atoms with Crippen molar-refractivity contribution in [3.05, 3.63) is 58.3 Å². The lowest BCUT2D eigenvalue weighted by Crippen LogP contribution is -2.43. The minimum absolute atomic E-state index is 0.206. The summed E-state index contributed by atoms with van der Waals surface area (Å²) in [7, 11) is 0. The number of benzene rings is 1. The maximum atomic E-state index is 12.2. The van der Waals surface area contributed by atoms with Crippen LogP contribution in [0.25, 0.3) is 0 Å². The summed E-state index contributed by atoms with van der Waals surface area (Å²) in [5.74, 6) is -0.414. The summed E-state index contributed by atoms with van der Waals surface area (Å²) in [6.45, 7) is 2.06. The van der Waals surface area contributed by atoms with E-state index < -0.39 is 17.7 Å². The van der Waals surface area contributed by atoms with E-state index in [1.807, 2.05) is 47.8 Å². The van der Waals surface area contributed by atoms with Gasteiger partial charge in [-0.15, -0.1) is 11.3 Å². The molecule has 4 nitrogen and oxygen atoms in total. The summed E-state index contributed by atoms with van der Waals surface area (Å²) in [6.07, 6.45) is -0.449. The maximum Gasteiger partial charge on any atom is 0.335 e. The van der Waals surface area contributed by atoms with Crippen LogP contribution in [0.4, 0.5) is 0 Å². The number of hydrogen-bond acceptors (Lipinski definition) is 5. The average Bonchev–Trinajstić information content (AvgIpc) is 3.10. The number of ether oxygens (including phenoxy) is 2. The van der Waals surface area contributed by atoms with E-state index >= 15 is 0 Å². The van der Waals surface area contributed by atoms with Crippen LogP contribution in [0.1, 0.15) is 36.3 Å². The van der Waals surface area contributed by atoms with Gasteiger partial charge in [-0.05, 0) is 23.9 Å². The van der Waals surface area contributed by atoms with Gasteiger partial charge in [-0.3, -0.25) is 0 Å². The first-order valence-electron chi connectivity index (χ1n) is 7.76. The number of thiophene rings is 1. The number of esters is 1. The van der Waals surface area contributed by atoms with E-state index in [9.17, 15) is 9.90 Å².